The van der Waals surface area contributed by atoms with Gasteiger partial charge in [0.05, 0.1) is 23.0 Å². The fraction of sp³-hybridized carbons (Fsp3) is 0.500. The van der Waals surface area contributed by atoms with Gasteiger partial charge < -0.3 is 19.5 Å². The van der Waals surface area contributed by atoms with Gasteiger partial charge in [-0.1, -0.05) is 37.6 Å². The molecule has 7 nitrogen and oxygen atoms in total. The Morgan fingerprint density at radius 2 is 2.10 bits per heavy atom. The number of benzene rings is 1. The number of hydrogen-bond acceptors (Lipinski definition) is 8. The van der Waals surface area contributed by atoms with Gasteiger partial charge in [0.15, 0.2) is 16.1 Å². The maximum Gasteiger partial charge on any atom is 0.324 e. The zero-order chi connectivity index (χ0) is 22.2. The van der Waals surface area contributed by atoms with Crippen LogP contribution in [0.3, 0.4) is 0 Å². The summed E-state index contributed by atoms with van der Waals surface area (Å²) in [5.74, 6) is -0.715. The van der Waals surface area contributed by atoms with Crippen LogP contribution in [0.2, 0.25) is 5.02 Å². The van der Waals surface area contributed by atoms with Crippen LogP contribution >= 0.6 is 22.9 Å². The maximum atomic E-state index is 12.8. The molecule has 1 aromatic carbocycles. The van der Waals surface area contributed by atoms with Crippen molar-refractivity contribution >= 4 is 45.7 Å². The average molecular weight is 465 g/mol. The van der Waals surface area contributed by atoms with Crippen LogP contribution in [0, 0.1) is 11.3 Å². The summed E-state index contributed by atoms with van der Waals surface area (Å²) in [7, 11) is 0. The number of carbonyl (C=O) groups is 2. The minimum absolute atomic E-state index is 0.188. The van der Waals surface area contributed by atoms with Gasteiger partial charge in [-0.3, -0.25) is 9.59 Å². The lowest BCUT2D eigenvalue weighted by atomic mass is 9.78. The smallest absolute Gasteiger partial charge is 0.324 e. The number of rotatable bonds is 7. The molecule has 2 aliphatic rings. The van der Waals surface area contributed by atoms with Gasteiger partial charge in [0.2, 0.25) is 0 Å². The molecule has 1 spiro atoms. The first-order valence-corrected chi connectivity index (χ1v) is 11.5. The molecule has 2 aromatic rings. The number of halogens is 1. The van der Waals surface area contributed by atoms with E-state index < -0.39 is 29.1 Å². The Balaban J connectivity index is 1.48. The number of para-hydroxylation sites is 1. The summed E-state index contributed by atoms with van der Waals surface area (Å²) in [6, 6.07) is 7.36. The minimum Gasteiger partial charge on any atom is -0.459 e. The molecular weight excluding hydrogens is 440 g/mol. The highest BCUT2D eigenvalue weighted by molar-refractivity contribution is 7.13. The predicted molar refractivity (Wildman–Crippen MR) is 117 cm³/mol. The van der Waals surface area contributed by atoms with E-state index in [4.69, 9.17) is 25.8 Å². The summed E-state index contributed by atoms with van der Waals surface area (Å²) in [6.45, 7) is 6.72. The van der Waals surface area contributed by atoms with Crippen LogP contribution in [0.4, 0.5) is 10.8 Å². The molecule has 0 amide bonds. The number of ether oxygens (including phenoxy) is 3. The van der Waals surface area contributed by atoms with E-state index in [1.54, 1.807) is 13.0 Å². The maximum absolute atomic E-state index is 12.8. The fourth-order valence-electron chi connectivity index (χ4n) is 4.00. The van der Waals surface area contributed by atoms with E-state index in [0.29, 0.717) is 28.4 Å². The standard InChI is InChI=1S/C22H25ClN2O5S/c1-13(2)9-28-10-14-8-22(18(26)29-14)12-21(3,30-19(22)27)17-11-31-20(25-17)24-16-7-5-4-6-15(16)23/h4-7,11,13-14H,8-10,12H2,1-3H3,(H,24,25)/t14-,21-,22+/m0/s1. The van der Waals surface area contributed by atoms with Crippen LogP contribution in [0.5, 0.6) is 0 Å². The average Bonchev–Trinajstić information content (AvgIpc) is 3.36. The van der Waals surface area contributed by atoms with Crippen molar-refractivity contribution in [1.82, 2.24) is 4.98 Å². The van der Waals surface area contributed by atoms with Crippen LogP contribution in [0.15, 0.2) is 29.6 Å². The number of thiazole rings is 1. The molecule has 4 rings (SSSR count). The van der Waals surface area contributed by atoms with E-state index in [1.165, 1.54) is 11.3 Å². The third-order valence-corrected chi connectivity index (χ3v) is 6.59. The lowest BCUT2D eigenvalue weighted by molar-refractivity contribution is -0.160. The molecule has 2 fully saturated rings. The minimum atomic E-state index is -1.31. The van der Waals surface area contributed by atoms with Crippen LogP contribution < -0.4 is 5.32 Å². The zero-order valence-corrected chi connectivity index (χ0v) is 19.2. The van der Waals surface area contributed by atoms with E-state index in [1.807, 2.05) is 37.4 Å². The lowest BCUT2D eigenvalue weighted by Crippen LogP contribution is -2.32. The number of nitrogens with one attached hydrogen (secondary N) is 1. The van der Waals surface area contributed by atoms with Gasteiger partial charge >= 0.3 is 11.9 Å². The highest BCUT2D eigenvalue weighted by Gasteiger charge is 2.65. The second kappa shape index (κ2) is 8.41. The normalized spacial score (nSPS) is 27.7. The molecule has 9 heteroatoms. The molecule has 1 N–H and O–H groups in total. The zero-order valence-electron chi connectivity index (χ0n) is 17.6. The van der Waals surface area contributed by atoms with Crippen molar-refractivity contribution in [2.75, 3.05) is 18.5 Å². The number of anilines is 2. The van der Waals surface area contributed by atoms with Gasteiger partial charge in [0, 0.05) is 24.8 Å². The Hall–Kier alpha value is -2.16. The van der Waals surface area contributed by atoms with E-state index in [-0.39, 0.29) is 19.4 Å². The highest BCUT2D eigenvalue weighted by atomic mass is 35.5. The molecule has 0 radical (unpaired) electrons. The third-order valence-electron chi connectivity index (χ3n) is 5.50. The molecule has 0 aliphatic carbocycles. The fourth-order valence-corrected chi connectivity index (χ4v) is 5.03. The second-order valence-electron chi connectivity index (χ2n) is 8.68. The molecule has 0 saturated carbocycles. The van der Waals surface area contributed by atoms with Crippen LogP contribution in [-0.4, -0.2) is 36.2 Å². The van der Waals surface area contributed by atoms with Crippen LogP contribution in [0.25, 0.3) is 0 Å². The molecule has 0 bridgehead atoms. The van der Waals surface area contributed by atoms with Gasteiger partial charge in [-0.2, -0.15) is 0 Å². The molecular formula is C22H25ClN2O5S. The van der Waals surface area contributed by atoms with Crippen molar-refractivity contribution < 1.29 is 23.8 Å². The van der Waals surface area contributed by atoms with Crippen molar-refractivity contribution in [1.29, 1.82) is 0 Å². The molecule has 3 heterocycles. The molecule has 2 saturated heterocycles. The number of aromatic nitrogens is 1. The van der Waals surface area contributed by atoms with Gasteiger partial charge in [-0.25, -0.2) is 4.98 Å². The van der Waals surface area contributed by atoms with Crippen molar-refractivity contribution in [3.8, 4) is 0 Å². The van der Waals surface area contributed by atoms with Gasteiger partial charge in [-0.05, 0) is 25.0 Å². The Labute approximate surface area is 190 Å². The molecule has 3 atom stereocenters. The quantitative estimate of drug-likeness (QED) is 0.470. The first-order chi connectivity index (χ1) is 14.7. The van der Waals surface area contributed by atoms with Gasteiger partial charge in [0.1, 0.15) is 6.10 Å². The predicted octanol–water partition coefficient (Wildman–Crippen LogP) is 4.68. The SMILES string of the molecule is CC(C)COC[C@@H]1C[C@@]2(C[C@@](C)(c3csc(Nc4ccccc4Cl)n3)OC2=O)C(=O)O1. The van der Waals surface area contributed by atoms with Crippen molar-refractivity contribution in [2.24, 2.45) is 11.3 Å². The Morgan fingerprint density at radius 3 is 2.84 bits per heavy atom. The number of cyclic esters (lactones) is 2. The number of hydrogen-bond donors (Lipinski definition) is 1. The summed E-state index contributed by atoms with van der Waals surface area (Å²) in [5, 5.41) is 6.21. The van der Waals surface area contributed by atoms with Crippen molar-refractivity contribution in [3.05, 3.63) is 40.4 Å². The topological polar surface area (TPSA) is 86.8 Å². The first-order valence-electron chi connectivity index (χ1n) is 10.2. The molecule has 0 unspecified atom stereocenters. The number of carbonyl (C=O) groups excluding carboxylic acids is 2. The van der Waals surface area contributed by atoms with E-state index in [9.17, 15) is 9.59 Å². The largest absolute Gasteiger partial charge is 0.459 e. The number of esters is 2. The van der Waals surface area contributed by atoms with Gasteiger partial charge in [-0.15, -0.1) is 11.3 Å². The van der Waals surface area contributed by atoms with E-state index in [0.717, 1.165) is 5.69 Å². The second-order valence-corrected chi connectivity index (χ2v) is 9.95. The Morgan fingerprint density at radius 1 is 1.32 bits per heavy atom. The van der Waals surface area contributed by atoms with E-state index in [2.05, 4.69) is 10.3 Å². The van der Waals surface area contributed by atoms with Crippen molar-refractivity contribution in [3.63, 3.8) is 0 Å². The molecule has 2 aliphatic heterocycles. The summed E-state index contributed by atoms with van der Waals surface area (Å²) in [5.41, 5.74) is -0.996. The van der Waals surface area contributed by atoms with Crippen LogP contribution in [-0.2, 0) is 29.4 Å². The summed E-state index contributed by atoms with van der Waals surface area (Å²) < 4.78 is 16.8. The Kier molecular flexibility index (Phi) is 5.98. The molecule has 1 aromatic heterocycles. The van der Waals surface area contributed by atoms with Gasteiger partial charge in [0.25, 0.3) is 0 Å². The first kappa shape index (κ1) is 22.0. The summed E-state index contributed by atoms with van der Waals surface area (Å²) in [4.78, 5) is 30.1. The van der Waals surface area contributed by atoms with Crippen LogP contribution in [0.1, 0.15) is 39.3 Å². The number of nitrogens with zero attached hydrogens (tertiary/aromatic N) is 1. The monoisotopic (exact) mass is 464 g/mol. The Bertz CT molecular complexity index is 996. The van der Waals surface area contributed by atoms with Crippen molar-refractivity contribution in [2.45, 2.75) is 45.3 Å². The highest BCUT2D eigenvalue weighted by Crippen LogP contribution is 2.52. The molecule has 31 heavy (non-hydrogen) atoms. The summed E-state index contributed by atoms with van der Waals surface area (Å²) in [6.07, 6.45) is -0.00470. The summed E-state index contributed by atoms with van der Waals surface area (Å²) >= 11 is 7.58. The third kappa shape index (κ3) is 4.29. The lowest BCUT2D eigenvalue weighted by Gasteiger charge is -2.20. The molecule has 166 valence electrons. The van der Waals surface area contributed by atoms with E-state index >= 15 is 0 Å².